The highest BCUT2D eigenvalue weighted by Gasteiger charge is 2.31. The van der Waals surface area contributed by atoms with Crippen molar-refractivity contribution < 1.29 is 29.6 Å². The number of methoxy groups -OCH3 is 2. The highest BCUT2D eigenvalue weighted by molar-refractivity contribution is 7.44. The Labute approximate surface area is 291 Å². The number of carbonyl (C=O) groups excluding carboxylic acids is 1. The van der Waals surface area contributed by atoms with Crippen molar-refractivity contribution in [3.63, 3.8) is 0 Å². The normalized spacial score (nSPS) is 13.3. The number of carbonyl (C=O) groups is 1. The number of rotatable bonds is 17. The number of hydrogen-bond acceptors (Lipinski definition) is 10. The lowest BCUT2D eigenvalue weighted by Crippen LogP contribution is -2.34. The number of fused-ring (bicyclic) bond motifs is 2. The summed E-state index contributed by atoms with van der Waals surface area (Å²) in [6.07, 6.45) is 4.13. The zero-order chi connectivity index (χ0) is 36.4. The second-order valence-corrected chi connectivity index (χ2v) is 13.4. The summed E-state index contributed by atoms with van der Waals surface area (Å²) in [5, 5.41) is 20.9. The molecule has 0 N–H and O–H groups in total. The fourth-order valence-electron chi connectivity index (χ4n) is 5.99. The molecule has 1 unspecified atom stereocenters. The second-order valence-electron chi connectivity index (χ2n) is 11.9. The summed E-state index contributed by atoms with van der Waals surface area (Å²) in [6, 6.07) is 16.4. The van der Waals surface area contributed by atoms with Gasteiger partial charge in [-0.3, -0.25) is 14.9 Å². The fraction of sp³-hybridized carbons (Fsp3) is 0.405. The van der Waals surface area contributed by atoms with Crippen LogP contribution in [-0.4, -0.2) is 68.0 Å². The van der Waals surface area contributed by atoms with E-state index in [1.54, 1.807) is 44.6 Å². The molecule has 11 nitrogen and oxygen atoms in total. The summed E-state index contributed by atoms with van der Waals surface area (Å²) >= 11 is 0. The Hall–Kier alpha value is -4.33. The Morgan fingerprint density at radius 1 is 1.02 bits per heavy atom. The smallest absolute Gasteiger partial charge is 0.273 e. The van der Waals surface area contributed by atoms with E-state index in [4.69, 9.17) is 25.2 Å². The van der Waals surface area contributed by atoms with Gasteiger partial charge in [0.25, 0.3) is 14.2 Å². The molecule has 0 amide bonds. The van der Waals surface area contributed by atoms with Gasteiger partial charge in [0.1, 0.15) is 11.5 Å². The van der Waals surface area contributed by atoms with Crippen LogP contribution in [0.1, 0.15) is 80.6 Å². The van der Waals surface area contributed by atoms with Gasteiger partial charge in [0, 0.05) is 67.4 Å². The summed E-state index contributed by atoms with van der Waals surface area (Å²) in [5.41, 5.74) is 3.90. The monoisotopic (exact) mass is 689 g/mol. The molecule has 12 heteroatoms. The first-order chi connectivity index (χ1) is 24.1. The molecule has 0 bridgehead atoms. The van der Waals surface area contributed by atoms with Crippen LogP contribution in [-0.2, 0) is 15.5 Å². The van der Waals surface area contributed by atoms with Gasteiger partial charge in [0.05, 0.1) is 50.5 Å². The average Bonchev–Trinajstić information content (AvgIpc) is 3.09. The van der Waals surface area contributed by atoms with Crippen molar-refractivity contribution in [2.24, 2.45) is 0 Å². The Bertz CT molecular complexity index is 1740. The van der Waals surface area contributed by atoms with Crippen LogP contribution in [0.2, 0.25) is 0 Å². The van der Waals surface area contributed by atoms with Gasteiger partial charge in [-0.2, -0.15) is 5.26 Å². The van der Waals surface area contributed by atoms with Crippen molar-refractivity contribution in [3.05, 3.63) is 92.0 Å². The van der Waals surface area contributed by atoms with Gasteiger partial charge in [-0.25, -0.2) is 4.67 Å². The van der Waals surface area contributed by atoms with Crippen molar-refractivity contribution in [2.45, 2.75) is 59.5 Å². The maximum Gasteiger partial charge on any atom is 0.273 e. The number of ketones is 1. The van der Waals surface area contributed by atoms with Crippen LogP contribution in [0.4, 0.5) is 11.4 Å². The van der Waals surface area contributed by atoms with Crippen LogP contribution in [0.15, 0.2) is 48.5 Å². The summed E-state index contributed by atoms with van der Waals surface area (Å²) in [4.78, 5) is 27.1. The van der Waals surface area contributed by atoms with E-state index in [0.29, 0.717) is 59.0 Å². The van der Waals surface area contributed by atoms with Crippen molar-refractivity contribution in [2.75, 3.05) is 45.4 Å². The molecule has 1 aliphatic carbocycles. The van der Waals surface area contributed by atoms with E-state index in [1.807, 2.05) is 29.2 Å². The lowest BCUT2D eigenvalue weighted by Gasteiger charge is -2.36. The van der Waals surface area contributed by atoms with Crippen molar-refractivity contribution >= 4 is 37.8 Å². The summed E-state index contributed by atoms with van der Waals surface area (Å²) in [7, 11) is 1.71. The minimum absolute atomic E-state index is 0.0792. The minimum Gasteiger partial charge on any atom is -0.496 e. The number of likely N-dealkylation sites (N-methyl/N-ethyl adjacent to an activating group) is 1. The first-order valence-electron chi connectivity index (χ1n) is 16.9. The lowest BCUT2D eigenvalue weighted by atomic mass is 9.81. The molecule has 260 valence electrons. The largest absolute Gasteiger partial charge is 0.496 e. The number of benzene rings is 3. The van der Waals surface area contributed by atoms with E-state index in [0.717, 1.165) is 11.3 Å². The van der Waals surface area contributed by atoms with E-state index in [-0.39, 0.29) is 49.9 Å². The molecule has 0 heterocycles. The summed E-state index contributed by atoms with van der Waals surface area (Å²) in [5.74, 6) is 0.837. The van der Waals surface area contributed by atoms with Gasteiger partial charge in [-0.15, -0.1) is 0 Å². The molecule has 0 fully saturated rings. The molecule has 0 spiro atoms. The SMILES string of the molecule is [2H]CCN(CCOP(OCCC#N)N(C(C)C)C(C)C)c1cc(OC)c(/C=C/c2ccc([N+](=O)[O-])c3c2C(=O)c2ccccc2C3)cc1OC. The number of nitrogens with zero attached hydrogens (tertiary/aromatic N) is 4. The van der Waals surface area contributed by atoms with Gasteiger partial charge in [0.2, 0.25) is 0 Å². The lowest BCUT2D eigenvalue weighted by molar-refractivity contribution is -0.385. The van der Waals surface area contributed by atoms with Crippen LogP contribution in [0.25, 0.3) is 12.2 Å². The molecule has 0 saturated heterocycles. The number of anilines is 1. The molecule has 49 heavy (non-hydrogen) atoms. The Balaban J connectivity index is 1.63. The highest BCUT2D eigenvalue weighted by Crippen LogP contribution is 2.46. The molecule has 1 aliphatic rings. The van der Waals surface area contributed by atoms with Gasteiger partial charge in [0.15, 0.2) is 5.78 Å². The van der Waals surface area contributed by atoms with Crippen molar-refractivity contribution in [3.8, 4) is 17.6 Å². The maximum absolute atomic E-state index is 13.7. The molecule has 0 saturated carbocycles. The van der Waals surface area contributed by atoms with E-state index >= 15 is 0 Å². The molecule has 1 atom stereocenters. The van der Waals surface area contributed by atoms with Crippen LogP contribution < -0.4 is 14.4 Å². The Morgan fingerprint density at radius 2 is 1.71 bits per heavy atom. The topological polar surface area (TPSA) is 127 Å². The molecule has 0 aliphatic heterocycles. The maximum atomic E-state index is 13.7. The Kier molecular flexibility index (Phi) is 12.7. The quantitative estimate of drug-likeness (QED) is 0.0353. The standard InChI is InChI=1S/C37H45N4O7P/c1-8-39(19-21-48-49(47-20-11-18-38)40(25(2)3)26(4)5)33-24-34(45-6)29(23-35(33)46-7)15-14-27-16-17-32(41(43)44)31-22-28-12-9-10-13-30(28)37(42)36(27)31/h9-10,12-17,23-26H,8,11,19-22H2,1-7H3/b15-14+/i1D. The number of ether oxygens (including phenoxy) is 2. The molecule has 3 aromatic rings. The van der Waals surface area contributed by atoms with Crippen LogP contribution in [0.3, 0.4) is 0 Å². The number of hydrogen-bond donors (Lipinski definition) is 0. The molecular formula is C37H45N4O7P. The van der Waals surface area contributed by atoms with Gasteiger partial charge < -0.3 is 23.4 Å². The number of nitro groups is 1. The van der Waals surface area contributed by atoms with Crippen LogP contribution in [0, 0.1) is 21.4 Å². The molecule has 0 radical (unpaired) electrons. The zero-order valence-corrected chi connectivity index (χ0v) is 29.9. The predicted molar refractivity (Wildman–Crippen MR) is 193 cm³/mol. The van der Waals surface area contributed by atoms with E-state index in [1.165, 1.54) is 6.07 Å². The number of nitriles is 1. The number of nitro benzene ring substituents is 1. The van der Waals surface area contributed by atoms with Crippen LogP contribution in [0.5, 0.6) is 11.5 Å². The third kappa shape index (κ3) is 8.64. The van der Waals surface area contributed by atoms with E-state index in [2.05, 4.69) is 38.4 Å². The fourth-order valence-corrected chi connectivity index (χ4v) is 7.57. The van der Waals surface area contributed by atoms with E-state index < -0.39 is 13.4 Å². The molecule has 3 aromatic carbocycles. The summed E-state index contributed by atoms with van der Waals surface area (Å²) < 4.78 is 34.2. The molecule has 0 aromatic heterocycles. The van der Waals surface area contributed by atoms with E-state index in [9.17, 15) is 14.9 Å². The Morgan fingerprint density at radius 3 is 2.37 bits per heavy atom. The third-order valence-electron chi connectivity index (χ3n) is 8.18. The second kappa shape index (κ2) is 17.4. The first kappa shape index (κ1) is 36.0. The first-order valence-corrected chi connectivity index (χ1v) is 17.3. The van der Waals surface area contributed by atoms with Crippen LogP contribution >= 0.6 is 8.53 Å². The van der Waals surface area contributed by atoms with Gasteiger partial charge >= 0.3 is 0 Å². The summed E-state index contributed by atoms with van der Waals surface area (Å²) in [6.45, 7) is 9.89. The van der Waals surface area contributed by atoms with Gasteiger partial charge in [-0.05, 0) is 57.9 Å². The molecule has 4 rings (SSSR count). The van der Waals surface area contributed by atoms with Crippen molar-refractivity contribution in [1.82, 2.24) is 4.67 Å². The van der Waals surface area contributed by atoms with Crippen molar-refractivity contribution in [1.29, 1.82) is 5.26 Å². The third-order valence-corrected chi connectivity index (χ3v) is 10.3. The predicted octanol–water partition coefficient (Wildman–Crippen LogP) is 8.04. The van der Waals surface area contributed by atoms with Gasteiger partial charge in [-0.1, -0.05) is 36.4 Å². The zero-order valence-electron chi connectivity index (χ0n) is 30.0. The molecular weight excluding hydrogens is 643 g/mol. The average molecular weight is 690 g/mol. The minimum atomic E-state index is -1.42. The highest BCUT2D eigenvalue weighted by atomic mass is 31.2.